The fraction of sp³-hybridized carbons (Fsp3) is 0.857. The smallest absolute Gasteiger partial charge is 0.0673 e. The van der Waals surface area contributed by atoms with Crippen LogP contribution in [-0.2, 0) is 4.74 Å². The van der Waals surface area contributed by atoms with Crippen LogP contribution in [0.5, 0.6) is 0 Å². The first-order valence-electron chi connectivity index (χ1n) is 6.98. The van der Waals surface area contributed by atoms with Crippen LogP contribution in [0.3, 0.4) is 0 Å². The predicted octanol–water partition coefficient (Wildman–Crippen LogP) is 1.65. The molecule has 2 aliphatic rings. The molecule has 0 spiro atoms. The van der Waals surface area contributed by atoms with Crippen LogP contribution in [-0.4, -0.2) is 51.3 Å². The molecule has 98 valence electrons. The molecule has 0 amide bonds. The first-order chi connectivity index (χ1) is 8.38. The van der Waals surface area contributed by atoms with E-state index in [1.54, 1.807) is 7.11 Å². The summed E-state index contributed by atoms with van der Waals surface area (Å²) in [5, 5.41) is 3.50. The molecule has 0 bridgehead atoms. The molecular formula is C14H26N2O. The molecule has 0 aromatic carbocycles. The summed E-state index contributed by atoms with van der Waals surface area (Å²) >= 11 is 0. The maximum atomic E-state index is 5.18. The van der Waals surface area contributed by atoms with Crippen LogP contribution in [0.1, 0.15) is 25.7 Å². The van der Waals surface area contributed by atoms with Gasteiger partial charge in [0.1, 0.15) is 0 Å². The largest absolute Gasteiger partial charge is 0.380 e. The van der Waals surface area contributed by atoms with Crippen molar-refractivity contribution in [2.24, 2.45) is 5.92 Å². The van der Waals surface area contributed by atoms with E-state index in [9.17, 15) is 0 Å². The molecule has 0 aliphatic carbocycles. The Morgan fingerprint density at radius 3 is 3.12 bits per heavy atom. The van der Waals surface area contributed by atoms with E-state index in [4.69, 9.17) is 4.74 Å². The normalized spacial score (nSPS) is 26.9. The van der Waals surface area contributed by atoms with Crippen LogP contribution in [0.4, 0.5) is 0 Å². The average Bonchev–Trinajstić information content (AvgIpc) is 2.40. The number of ether oxygens (including phenoxy) is 1. The third kappa shape index (κ3) is 4.41. The summed E-state index contributed by atoms with van der Waals surface area (Å²) < 4.78 is 5.18. The van der Waals surface area contributed by atoms with E-state index in [1.807, 2.05) is 0 Å². The summed E-state index contributed by atoms with van der Waals surface area (Å²) in [6.45, 7) is 6.89. The van der Waals surface area contributed by atoms with Gasteiger partial charge in [-0.3, -0.25) is 4.90 Å². The van der Waals surface area contributed by atoms with Crippen molar-refractivity contribution in [1.82, 2.24) is 10.2 Å². The van der Waals surface area contributed by atoms with E-state index < -0.39 is 0 Å². The number of nitrogens with one attached hydrogen (secondary N) is 1. The van der Waals surface area contributed by atoms with Crippen LogP contribution in [0, 0.1) is 5.92 Å². The summed E-state index contributed by atoms with van der Waals surface area (Å²) in [5.41, 5.74) is 1.48. The van der Waals surface area contributed by atoms with Crippen molar-refractivity contribution in [1.29, 1.82) is 0 Å². The van der Waals surface area contributed by atoms with Crippen LogP contribution >= 0.6 is 0 Å². The predicted molar refractivity (Wildman–Crippen MR) is 71.2 cm³/mol. The van der Waals surface area contributed by atoms with Gasteiger partial charge in [-0.2, -0.15) is 0 Å². The van der Waals surface area contributed by atoms with Gasteiger partial charge in [-0.15, -0.1) is 0 Å². The van der Waals surface area contributed by atoms with E-state index in [-0.39, 0.29) is 0 Å². The zero-order valence-electron chi connectivity index (χ0n) is 11.1. The molecular weight excluding hydrogens is 212 g/mol. The summed E-state index contributed by atoms with van der Waals surface area (Å²) in [4.78, 5) is 2.58. The lowest BCUT2D eigenvalue weighted by Gasteiger charge is -2.29. The minimum atomic E-state index is 0.820. The Morgan fingerprint density at radius 2 is 2.47 bits per heavy atom. The highest BCUT2D eigenvalue weighted by Crippen LogP contribution is 2.16. The fourth-order valence-corrected chi connectivity index (χ4v) is 2.81. The summed E-state index contributed by atoms with van der Waals surface area (Å²) in [5.74, 6) is 0.910. The second-order valence-electron chi connectivity index (χ2n) is 5.35. The monoisotopic (exact) mass is 238 g/mol. The zero-order chi connectivity index (χ0) is 11.9. The Morgan fingerprint density at radius 1 is 1.53 bits per heavy atom. The van der Waals surface area contributed by atoms with Crippen LogP contribution in [0.15, 0.2) is 11.6 Å². The number of hydrogen-bond donors (Lipinski definition) is 1. The molecule has 1 N–H and O–H groups in total. The lowest BCUT2D eigenvalue weighted by molar-refractivity contribution is 0.206. The third-order valence-corrected chi connectivity index (χ3v) is 3.97. The average molecular weight is 238 g/mol. The van der Waals surface area contributed by atoms with Gasteiger partial charge >= 0.3 is 0 Å². The van der Waals surface area contributed by atoms with Gasteiger partial charge in [-0.1, -0.05) is 6.08 Å². The Bertz CT molecular complexity index is 247. The Kier molecular flexibility index (Phi) is 5.49. The molecule has 1 atom stereocenters. The van der Waals surface area contributed by atoms with Gasteiger partial charge in [0.25, 0.3) is 0 Å². The van der Waals surface area contributed by atoms with Gasteiger partial charge in [0.2, 0.25) is 0 Å². The quantitative estimate of drug-likeness (QED) is 0.737. The molecule has 2 heterocycles. The minimum absolute atomic E-state index is 0.820. The molecule has 3 nitrogen and oxygen atoms in total. The Labute approximate surface area is 105 Å². The maximum absolute atomic E-state index is 5.18. The van der Waals surface area contributed by atoms with E-state index in [2.05, 4.69) is 16.3 Å². The number of rotatable bonds is 5. The molecule has 3 heteroatoms. The van der Waals surface area contributed by atoms with Gasteiger partial charge in [-0.25, -0.2) is 0 Å². The van der Waals surface area contributed by atoms with Crippen molar-refractivity contribution in [2.45, 2.75) is 25.7 Å². The molecule has 0 aromatic rings. The van der Waals surface area contributed by atoms with Crippen LogP contribution in [0.2, 0.25) is 0 Å². The van der Waals surface area contributed by atoms with Crippen molar-refractivity contribution in [3.8, 4) is 0 Å². The Balaban J connectivity index is 1.64. The first kappa shape index (κ1) is 13.1. The highest BCUT2D eigenvalue weighted by Gasteiger charge is 2.16. The number of methoxy groups -OCH3 is 1. The second kappa shape index (κ2) is 7.14. The summed E-state index contributed by atoms with van der Waals surface area (Å²) in [6.07, 6.45) is 7.69. The molecule has 2 rings (SSSR count). The SMILES string of the molecule is COCC1=CCN(CCC2CCCNC2)CC1. The highest BCUT2D eigenvalue weighted by atomic mass is 16.5. The molecule has 1 fully saturated rings. The standard InChI is InChI=1S/C14H26N2O/c1-17-12-14-5-9-16(10-6-14)8-4-13-3-2-7-15-11-13/h5,13,15H,2-4,6-12H2,1H3. The van der Waals surface area contributed by atoms with Crippen molar-refractivity contribution >= 4 is 0 Å². The van der Waals surface area contributed by atoms with Gasteiger partial charge in [0.05, 0.1) is 6.61 Å². The summed E-state index contributed by atoms with van der Waals surface area (Å²) in [6, 6.07) is 0. The van der Waals surface area contributed by atoms with Crippen molar-refractivity contribution in [3.05, 3.63) is 11.6 Å². The highest BCUT2D eigenvalue weighted by molar-refractivity contribution is 5.07. The van der Waals surface area contributed by atoms with Gasteiger partial charge in [0, 0.05) is 20.2 Å². The zero-order valence-corrected chi connectivity index (χ0v) is 11.1. The molecule has 1 saturated heterocycles. The van der Waals surface area contributed by atoms with Gasteiger partial charge < -0.3 is 10.1 Å². The van der Waals surface area contributed by atoms with Crippen LogP contribution in [0.25, 0.3) is 0 Å². The summed E-state index contributed by atoms with van der Waals surface area (Å²) in [7, 11) is 1.78. The molecule has 1 unspecified atom stereocenters. The molecule has 0 aromatic heterocycles. The van der Waals surface area contributed by atoms with Gasteiger partial charge in [0.15, 0.2) is 0 Å². The van der Waals surface area contributed by atoms with Crippen molar-refractivity contribution in [3.63, 3.8) is 0 Å². The number of hydrogen-bond acceptors (Lipinski definition) is 3. The minimum Gasteiger partial charge on any atom is -0.380 e. The van der Waals surface area contributed by atoms with Crippen molar-refractivity contribution < 1.29 is 4.74 Å². The molecule has 0 saturated carbocycles. The number of nitrogens with zero attached hydrogens (tertiary/aromatic N) is 1. The third-order valence-electron chi connectivity index (χ3n) is 3.97. The molecule has 0 radical (unpaired) electrons. The van der Waals surface area contributed by atoms with E-state index >= 15 is 0 Å². The van der Waals surface area contributed by atoms with Crippen LogP contribution < -0.4 is 5.32 Å². The molecule has 2 aliphatic heterocycles. The first-order valence-corrected chi connectivity index (χ1v) is 6.98. The maximum Gasteiger partial charge on any atom is 0.0673 e. The van der Waals surface area contributed by atoms with Crippen molar-refractivity contribution in [2.75, 3.05) is 46.4 Å². The fourth-order valence-electron chi connectivity index (χ4n) is 2.81. The van der Waals surface area contributed by atoms with E-state index in [0.717, 1.165) is 19.1 Å². The molecule has 17 heavy (non-hydrogen) atoms. The second-order valence-corrected chi connectivity index (χ2v) is 5.35. The lowest BCUT2D eigenvalue weighted by Crippen LogP contribution is -2.35. The lowest BCUT2D eigenvalue weighted by atomic mass is 9.95. The Hall–Kier alpha value is -0.380. The van der Waals surface area contributed by atoms with E-state index in [0.29, 0.717) is 0 Å². The topological polar surface area (TPSA) is 24.5 Å². The van der Waals surface area contributed by atoms with E-state index in [1.165, 1.54) is 57.4 Å². The number of piperidine rings is 1. The van der Waals surface area contributed by atoms with Gasteiger partial charge in [-0.05, 0) is 56.8 Å².